The maximum atomic E-state index is 6.71. The molecular formula is C12H18N4. The lowest BCUT2D eigenvalue weighted by molar-refractivity contribution is 0.273. The van der Waals surface area contributed by atoms with Gasteiger partial charge in [-0.25, -0.2) is 19.7 Å². The van der Waals surface area contributed by atoms with E-state index >= 15 is 0 Å². The molecule has 0 unspecified atom stereocenters. The highest BCUT2D eigenvalue weighted by Gasteiger charge is 2.06. The third-order valence-electron chi connectivity index (χ3n) is 2.23. The summed E-state index contributed by atoms with van der Waals surface area (Å²) in [7, 11) is 0. The summed E-state index contributed by atoms with van der Waals surface area (Å²) < 4.78 is 0. The smallest absolute Gasteiger partial charge is 0.215 e. The molecule has 0 N–H and O–H groups in total. The second-order valence-electron chi connectivity index (χ2n) is 3.55. The summed E-state index contributed by atoms with van der Waals surface area (Å²) in [5.74, 6) is 0. The van der Waals surface area contributed by atoms with Crippen molar-refractivity contribution >= 4 is 0 Å². The van der Waals surface area contributed by atoms with Crippen LogP contribution in [0.4, 0.5) is 0 Å². The molecule has 0 aromatic carbocycles. The van der Waals surface area contributed by atoms with Gasteiger partial charge in [-0.3, -0.25) is 0 Å². The molecule has 0 radical (unpaired) electrons. The molecule has 0 spiro atoms. The summed E-state index contributed by atoms with van der Waals surface area (Å²) in [6.07, 6.45) is 2.67. The molecule has 0 bridgehead atoms. The van der Waals surface area contributed by atoms with E-state index in [-0.39, 0.29) is 0 Å². The molecule has 4 heteroatoms. The Bertz CT molecular complexity index is 231. The van der Waals surface area contributed by atoms with Crippen molar-refractivity contribution in [2.24, 2.45) is 0 Å². The molecule has 0 saturated heterocycles. The van der Waals surface area contributed by atoms with E-state index < -0.39 is 0 Å². The molecule has 0 aromatic heterocycles. The maximum absolute atomic E-state index is 6.71. The predicted molar refractivity (Wildman–Crippen MR) is 64.7 cm³/mol. The molecule has 0 amide bonds. The summed E-state index contributed by atoms with van der Waals surface area (Å²) in [4.78, 5) is 12.2. The minimum atomic E-state index is 0.572. The highest BCUT2D eigenvalue weighted by Crippen LogP contribution is 1.98. The summed E-state index contributed by atoms with van der Waals surface area (Å²) in [5.41, 5.74) is 0. The lowest BCUT2D eigenvalue weighted by Crippen LogP contribution is -2.28. The zero-order valence-electron chi connectivity index (χ0n) is 9.65. The van der Waals surface area contributed by atoms with E-state index in [1.807, 2.05) is 0 Å². The molecule has 0 aliphatic heterocycles. The summed E-state index contributed by atoms with van der Waals surface area (Å²) in [6, 6.07) is 0. The maximum Gasteiger partial charge on any atom is 0.215 e. The van der Waals surface area contributed by atoms with Crippen molar-refractivity contribution in [2.75, 3.05) is 39.3 Å². The zero-order chi connectivity index (χ0) is 12.1. The second kappa shape index (κ2) is 11.5. The fourth-order valence-corrected chi connectivity index (χ4v) is 1.46. The van der Waals surface area contributed by atoms with Crippen molar-refractivity contribution in [1.29, 1.82) is 0 Å². The van der Waals surface area contributed by atoms with E-state index in [2.05, 4.69) is 19.4 Å². The van der Waals surface area contributed by atoms with E-state index in [0.29, 0.717) is 19.6 Å². The van der Waals surface area contributed by atoms with Gasteiger partial charge >= 0.3 is 0 Å². The summed E-state index contributed by atoms with van der Waals surface area (Å²) in [6.45, 7) is 24.6. The van der Waals surface area contributed by atoms with Gasteiger partial charge in [0.25, 0.3) is 0 Å². The molecule has 16 heavy (non-hydrogen) atoms. The average Bonchev–Trinajstić information content (AvgIpc) is 2.29. The molecule has 0 aliphatic rings. The fraction of sp³-hybridized carbons (Fsp3) is 0.750. The van der Waals surface area contributed by atoms with Gasteiger partial charge < -0.3 is 19.4 Å². The summed E-state index contributed by atoms with van der Waals surface area (Å²) >= 11 is 0. The molecule has 4 nitrogen and oxygen atoms in total. The third kappa shape index (κ3) is 9.00. The number of rotatable bonds is 9. The Kier molecular flexibility index (Phi) is 10.4. The zero-order valence-corrected chi connectivity index (χ0v) is 9.65. The van der Waals surface area contributed by atoms with Gasteiger partial charge in [-0.05, 0) is 0 Å². The van der Waals surface area contributed by atoms with E-state index in [1.165, 1.54) is 0 Å². The first kappa shape index (κ1) is 14.4. The van der Waals surface area contributed by atoms with Crippen LogP contribution in [0, 0.1) is 19.7 Å². The van der Waals surface area contributed by atoms with Crippen LogP contribution in [-0.2, 0) is 0 Å². The Morgan fingerprint density at radius 3 is 1.19 bits per heavy atom. The van der Waals surface area contributed by atoms with Crippen molar-refractivity contribution in [3.8, 4) is 0 Å². The van der Waals surface area contributed by atoms with E-state index in [1.54, 1.807) is 0 Å². The molecule has 0 heterocycles. The van der Waals surface area contributed by atoms with Gasteiger partial charge in [-0.15, -0.1) is 0 Å². The van der Waals surface area contributed by atoms with Crippen LogP contribution in [0.2, 0.25) is 0 Å². The van der Waals surface area contributed by atoms with Gasteiger partial charge in [0, 0.05) is 38.9 Å². The van der Waals surface area contributed by atoms with Crippen molar-refractivity contribution in [2.45, 2.75) is 19.3 Å². The largest absolute Gasteiger partial charge is 0.317 e. The van der Waals surface area contributed by atoms with Crippen LogP contribution in [0.1, 0.15) is 19.3 Å². The van der Waals surface area contributed by atoms with Gasteiger partial charge in [-0.1, -0.05) is 0 Å². The van der Waals surface area contributed by atoms with Crippen molar-refractivity contribution in [3.05, 3.63) is 34.3 Å². The molecule has 0 atom stereocenters. The van der Waals surface area contributed by atoms with E-state index in [4.69, 9.17) is 19.7 Å². The Hall–Kier alpha value is -1.57. The van der Waals surface area contributed by atoms with Crippen LogP contribution >= 0.6 is 0 Å². The highest BCUT2D eigenvalue weighted by molar-refractivity contribution is 4.68. The number of hydrogen-bond acceptors (Lipinski definition) is 1. The molecule has 0 aliphatic carbocycles. The van der Waals surface area contributed by atoms with Crippen LogP contribution in [0.5, 0.6) is 0 Å². The first-order chi connectivity index (χ1) is 7.85. The molecule has 0 saturated carbocycles. The molecule has 0 fully saturated rings. The SMILES string of the molecule is [C-]#[N+]CCCN(CCC[N+]#[C-])CCC[N+]#[C-]. The van der Waals surface area contributed by atoms with Gasteiger partial charge in [0.1, 0.15) is 0 Å². The Morgan fingerprint density at radius 2 is 0.938 bits per heavy atom. The Balaban J connectivity index is 3.73. The van der Waals surface area contributed by atoms with Crippen LogP contribution in [-0.4, -0.2) is 44.2 Å². The molecule has 0 aromatic rings. The lowest BCUT2D eigenvalue weighted by atomic mass is 10.3. The predicted octanol–water partition coefficient (Wildman–Crippen LogP) is 2.22. The van der Waals surface area contributed by atoms with Crippen LogP contribution in [0.3, 0.4) is 0 Å². The average molecular weight is 218 g/mol. The van der Waals surface area contributed by atoms with Crippen LogP contribution in [0.15, 0.2) is 0 Å². The molecule has 0 rings (SSSR count). The summed E-state index contributed by atoms with van der Waals surface area (Å²) in [5, 5.41) is 0. The normalized spacial score (nSPS) is 9.38. The third-order valence-corrected chi connectivity index (χ3v) is 2.23. The fourth-order valence-electron chi connectivity index (χ4n) is 1.46. The topological polar surface area (TPSA) is 16.3 Å². The van der Waals surface area contributed by atoms with Crippen LogP contribution < -0.4 is 0 Å². The standard InChI is InChI=1S/C12H18N4/c1-13-7-4-10-16(11-5-8-14-2)12-6-9-15-3/h4-12H2. The first-order valence-electron chi connectivity index (χ1n) is 5.57. The highest BCUT2D eigenvalue weighted by atomic mass is 15.1. The quantitative estimate of drug-likeness (QED) is 0.428. The number of hydrogen-bond donors (Lipinski definition) is 0. The van der Waals surface area contributed by atoms with Gasteiger partial charge in [0.2, 0.25) is 19.6 Å². The van der Waals surface area contributed by atoms with Gasteiger partial charge in [0.15, 0.2) is 0 Å². The number of nitrogens with zero attached hydrogens (tertiary/aromatic N) is 4. The first-order valence-corrected chi connectivity index (χ1v) is 5.57. The minimum Gasteiger partial charge on any atom is -0.317 e. The molecular weight excluding hydrogens is 200 g/mol. The lowest BCUT2D eigenvalue weighted by Gasteiger charge is -2.19. The molecule has 86 valence electrons. The van der Waals surface area contributed by atoms with Crippen LogP contribution in [0.25, 0.3) is 14.5 Å². The van der Waals surface area contributed by atoms with E-state index in [0.717, 1.165) is 38.9 Å². The van der Waals surface area contributed by atoms with E-state index in [9.17, 15) is 0 Å². The van der Waals surface area contributed by atoms with Gasteiger partial charge in [-0.2, -0.15) is 0 Å². The Morgan fingerprint density at radius 1 is 0.625 bits per heavy atom. The van der Waals surface area contributed by atoms with Gasteiger partial charge in [0.05, 0.1) is 0 Å². The monoisotopic (exact) mass is 218 g/mol. The Labute approximate surface area is 98.3 Å². The van der Waals surface area contributed by atoms with Crippen molar-refractivity contribution in [1.82, 2.24) is 4.90 Å². The van der Waals surface area contributed by atoms with Crippen molar-refractivity contribution in [3.63, 3.8) is 0 Å². The second-order valence-corrected chi connectivity index (χ2v) is 3.55. The minimum absolute atomic E-state index is 0.572. The van der Waals surface area contributed by atoms with Crippen molar-refractivity contribution < 1.29 is 0 Å².